The minimum atomic E-state index is 0.110. The predicted molar refractivity (Wildman–Crippen MR) is 83.0 cm³/mol. The van der Waals surface area contributed by atoms with Gasteiger partial charge in [-0.2, -0.15) is 0 Å². The molecule has 2 aliphatic rings. The molecule has 3 nitrogen and oxygen atoms in total. The Labute approximate surface area is 124 Å². The normalized spacial score (nSPS) is 28.5. The molecule has 20 heavy (non-hydrogen) atoms. The second kappa shape index (κ2) is 6.76. The van der Waals surface area contributed by atoms with Gasteiger partial charge in [0, 0.05) is 25.9 Å². The first-order valence-electron chi connectivity index (χ1n) is 8.42. The van der Waals surface area contributed by atoms with Crippen LogP contribution in [0.2, 0.25) is 0 Å². The topological polar surface area (TPSA) is 30.5 Å². The van der Waals surface area contributed by atoms with Gasteiger partial charge in [0.25, 0.3) is 0 Å². The van der Waals surface area contributed by atoms with E-state index in [4.69, 9.17) is 9.47 Å². The Morgan fingerprint density at radius 1 is 1.20 bits per heavy atom. The lowest BCUT2D eigenvalue weighted by Crippen LogP contribution is -2.53. The standard InChI is InChI=1S/C17H33NO2/c1-5-9-18-15(16(2,3)4)14-6-10-20-17(13-14)7-11-19-12-8-17/h14-15,18H,5-13H2,1-4H3. The van der Waals surface area contributed by atoms with E-state index in [9.17, 15) is 0 Å². The van der Waals surface area contributed by atoms with Gasteiger partial charge in [0.2, 0.25) is 0 Å². The lowest BCUT2D eigenvalue weighted by atomic mass is 9.70. The maximum atomic E-state index is 6.20. The van der Waals surface area contributed by atoms with Crippen LogP contribution in [0.5, 0.6) is 0 Å². The first-order chi connectivity index (χ1) is 9.47. The Kier molecular flexibility index (Phi) is 5.49. The van der Waals surface area contributed by atoms with E-state index in [1.807, 2.05) is 0 Å². The molecule has 2 aliphatic heterocycles. The SMILES string of the molecule is CCCNC(C1CCOC2(CCOCC2)C1)C(C)(C)C. The average Bonchev–Trinajstić information content (AvgIpc) is 2.39. The third kappa shape index (κ3) is 3.96. The zero-order chi connectivity index (χ0) is 14.6. The van der Waals surface area contributed by atoms with Crippen molar-refractivity contribution in [3.8, 4) is 0 Å². The van der Waals surface area contributed by atoms with Crippen molar-refractivity contribution in [3.05, 3.63) is 0 Å². The van der Waals surface area contributed by atoms with E-state index >= 15 is 0 Å². The van der Waals surface area contributed by atoms with Gasteiger partial charge in [-0.3, -0.25) is 0 Å². The van der Waals surface area contributed by atoms with Crippen LogP contribution in [0.15, 0.2) is 0 Å². The van der Waals surface area contributed by atoms with Crippen LogP contribution < -0.4 is 5.32 Å². The Hall–Kier alpha value is -0.120. The zero-order valence-corrected chi connectivity index (χ0v) is 13.8. The molecule has 0 aromatic carbocycles. The molecule has 2 saturated heterocycles. The van der Waals surface area contributed by atoms with Gasteiger partial charge < -0.3 is 14.8 Å². The lowest BCUT2D eigenvalue weighted by molar-refractivity contribution is -0.153. The highest BCUT2D eigenvalue weighted by molar-refractivity contribution is 4.96. The Balaban J connectivity index is 2.04. The van der Waals surface area contributed by atoms with E-state index < -0.39 is 0 Å². The maximum absolute atomic E-state index is 6.20. The number of hydrogen-bond donors (Lipinski definition) is 1. The molecule has 1 N–H and O–H groups in total. The Morgan fingerprint density at radius 2 is 1.90 bits per heavy atom. The summed E-state index contributed by atoms with van der Waals surface area (Å²) < 4.78 is 11.7. The fourth-order valence-electron chi connectivity index (χ4n) is 3.92. The monoisotopic (exact) mass is 283 g/mol. The van der Waals surface area contributed by atoms with E-state index in [1.165, 1.54) is 19.3 Å². The van der Waals surface area contributed by atoms with Crippen LogP contribution in [0.25, 0.3) is 0 Å². The first-order valence-corrected chi connectivity index (χ1v) is 8.42. The summed E-state index contributed by atoms with van der Waals surface area (Å²) in [5.41, 5.74) is 0.419. The molecule has 3 heteroatoms. The molecule has 0 bridgehead atoms. The summed E-state index contributed by atoms with van der Waals surface area (Å²) in [6.07, 6.45) is 5.76. The van der Waals surface area contributed by atoms with Gasteiger partial charge in [-0.15, -0.1) is 0 Å². The van der Waals surface area contributed by atoms with Crippen molar-refractivity contribution in [1.29, 1.82) is 0 Å². The van der Waals surface area contributed by atoms with Gasteiger partial charge in [0.15, 0.2) is 0 Å². The van der Waals surface area contributed by atoms with Gasteiger partial charge >= 0.3 is 0 Å². The van der Waals surface area contributed by atoms with Gasteiger partial charge in [0.05, 0.1) is 5.60 Å². The van der Waals surface area contributed by atoms with Crippen molar-refractivity contribution in [2.24, 2.45) is 11.3 Å². The molecule has 2 unspecified atom stereocenters. The average molecular weight is 283 g/mol. The summed E-state index contributed by atoms with van der Waals surface area (Å²) in [4.78, 5) is 0. The third-order valence-electron chi connectivity index (χ3n) is 4.95. The highest BCUT2D eigenvalue weighted by Gasteiger charge is 2.43. The van der Waals surface area contributed by atoms with E-state index in [2.05, 4.69) is 33.0 Å². The van der Waals surface area contributed by atoms with Gasteiger partial charge in [0.1, 0.15) is 0 Å². The molecule has 0 aromatic heterocycles. The van der Waals surface area contributed by atoms with Gasteiger partial charge in [-0.05, 0) is 50.0 Å². The van der Waals surface area contributed by atoms with E-state index in [0.717, 1.165) is 45.1 Å². The highest BCUT2D eigenvalue weighted by Crippen LogP contribution is 2.41. The van der Waals surface area contributed by atoms with Crippen LogP contribution in [0.1, 0.15) is 59.8 Å². The highest BCUT2D eigenvalue weighted by atomic mass is 16.5. The summed E-state index contributed by atoms with van der Waals surface area (Å²) in [6, 6.07) is 0.589. The first kappa shape index (κ1) is 16.3. The molecule has 2 fully saturated rings. The molecule has 0 amide bonds. The Bertz CT molecular complexity index is 286. The summed E-state index contributed by atoms with van der Waals surface area (Å²) in [5, 5.41) is 3.81. The summed E-state index contributed by atoms with van der Waals surface area (Å²) >= 11 is 0. The number of rotatable bonds is 4. The molecule has 0 aromatic rings. The van der Waals surface area contributed by atoms with Crippen LogP contribution in [0.3, 0.4) is 0 Å². The molecule has 1 spiro atoms. The molecule has 0 aliphatic carbocycles. The fourth-order valence-corrected chi connectivity index (χ4v) is 3.92. The van der Waals surface area contributed by atoms with Crippen LogP contribution in [0.4, 0.5) is 0 Å². The molecular formula is C17H33NO2. The summed E-state index contributed by atoms with van der Waals surface area (Å²) in [6.45, 7) is 13.1. The predicted octanol–water partition coefficient (Wildman–Crippen LogP) is 3.38. The van der Waals surface area contributed by atoms with Gasteiger partial charge in [-0.1, -0.05) is 27.7 Å². The van der Waals surface area contributed by atoms with Crippen LogP contribution in [0, 0.1) is 11.3 Å². The van der Waals surface area contributed by atoms with E-state index in [0.29, 0.717) is 11.5 Å². The van der Waals surface area contributed by atoms with E-state index in [-0.39, 0.29) is 5.60 Å². The smallest absolute Gasteiger partial charge is 0.0729 e. The Morgan fingerprint density at radius 3 is 2.50 bits per heavy atom. The van der Waals surface area contributed by atoms with Crippen molar-refractivity contribution in [1.82, 2.24) is 5.32 Å². The largest absolute Gasteiger partial charge is 0.381 e. The quantitative estimate of drug-likeness (QED) is 0.858. The molecule has 0 saturated carbocycles. The molecule has 2 rings (SSSR count). The molecule has 2 heterocycles. The maximum Gasteiger partial charge on any atom is 0.0729 e. The molecular weight excluding hydrogens is 250 g/mol. The molecule has 118 valence electrons. The molecule has 2 atom stereocenters. The van der Waals surface area contributed by atoms with Crippen molar-refractivity contribution in [3.63, 3.8) is 0 Å². The van der Waals surface area contributed by atoms with Gasteiger partial charge in [-0.25, -0.2) is 0 Å². The van der Waals surface area contributed by atoms with Crippen molar-refractivity contribution in [2.45, 2.75) is 71.4 Å². The second-order valence-electron chi connectivity index (χ2n) is 7.69. The second-order valence-corrected chi connectivity index (χ2v) is 7.69. The minimum Gasteiger partial charge on any atom is -0.381 e. The van der Waals surface area contributed by atoms with Crippen LogP contribution >= 0.6 is 0 Å². The number of nitrogens with one attached hydrogen (secondary N) is 1. The summed E-state index contributed by atoms with van der Waals surface area (Å²) in [5.74, 6) is 0.730. The zero-order valence-electron chi connectivity index (χ0n) is 13.8. The van der Waals surface area contributed by atoms with Crippen molar-refractivity contribution >= 4 is 0 Å². The number of hydrogen-bond acceptors (Lipinski definition) is 3. The van der Waals surface area contributed by atoms with Crippen molar-refractivity contribution < 1.29 is 9.47 Å². The van der Waals surface area contributed by atoms with Crippen molar-refractivity contribution in [2.75, 3.05) is 26.4 Å². The minimum absolute atomic E-state index is 0.110. The molecule has 0 radical (unpaired) electrons. The van der Waals surface area contributed by atoms with Crippen LogP contribution in [-0.2, 0) is 9.47 Å². The fraction of sp³-hybridized carbons (Fsp3) is 1.00. The summed E-state index contributed by atoms with van der Waals surface area (Å²) in [7, 11) is 0. The number of ether oxygens (including phenoxy) is 2. The van der Waals surface area contributed by atoms with E-state index in [1.54, 1.807) is 0 Å². The van der Waals surface area contributed by atoms with Crippen LogP contribution in [-0.4, -0.2) is 38.0 Å². The third-order valence-corrected chi connectivity index (χ3v) is 4.95. The lowest BCUT2D eigenvalue weighted by Gasteiger charge is -2.48.